The Morgan fingerprint density at radius 1 is 1.00 bits per heavy atom. The largest absolute Gasteiger partial charge is 0.353 e. The third-order valence-electron chi connectivity index (χ3n) is 7.51. The molecule has 0 bridgehead atoms. The van der Waals surface area contributed by atoms with E-state index < -0.39 is 0 Å². The molecule has 2 aromatic rings. The molecule has 1 saturated carbocycles. The van der Waals surface area contributed by atoms with Crippen LogP contribution in [0, 0.1) is 5.92 Å². The van der Waals surface area contributed by atoms with Crippen LogP contribution in [0.25, 0.3) is 10.1 Å². The summed E-state index contributed by atoms with van der Waals surface area (Å²) in [7, 11) is 0. The molecule has 6 rings (SSSR count). The Kier molecular flexibility index (Phi) is 4.87. The highest BCUT2D eigenvalue weighted by Crippen LogP contribution is 2.50. The van der Waals surface area contributed by atoms with Gasteiger partial charge in [0.2, 0.25) is 5.91 Å². The molecule has 1 aromatic heterocycles. The Morgan fingerprint density at radius 2 is 1.81 bits per heavy atom. The molecule has 0 unspecified atom stereocenters. The van der Waals surface area contributed by atoms with Gasteiger partial charge < -0.3 is 9.80 Å². The predicted octanol–water partition coefficient (Wildman–Crippen LogP) is 3.01. The Labute approximate surface area is 186 Å². The van der Waals surface area contributed by atoms with Crippen molar-refractivity contribution >= 4 is 39.4 Å². The van der Waals surface area contributed by atoms with E-state index in [2.05, 4.69) is 34.1 Å². The third kappa shape index (κ3) is 3.49. The topological polar surface area (TPSA) is 60.0 Å². The molecule has 164 valence electrons. The molecule has 7 nitrogen and oxygen atoms in total. The summed E-state index contributed by atoms with van der Waals surface area (Å²) < 4.78 is 5.94. The molecule has 1 aliphatic carbocycles. The molecule has 1 aromatic carbocycles. The molecule has 3 amide bonds. The molecule has 3 atom stereocenters. The lowest BCUT2D eigenvalue weighted by atomic mass is 10.1. The first-order valence-corrected chi connectivity index (χ1v) is 12.4. The number of unbranched alkanes of at least 4 members (excludes halogenated alkanes) is 1. The van der Waals surface area contributed by atoms with E-state index in [1.807, 2.05) is 4.90 Å². The number of fused-ring (bicyclic) bond motifs is 4. The van der Waals surface area contributed by atoms with Crippen molar-refractivity contribution < 1.29 is 9.59 Å². The summed E-state index contributed by atoms with van der Waals surface area (Å²) in [6.07, 6.45) is 4.63. The number of urea groups is 1. The van der Waals surface area contributed by atoms with Gasteiger partial charge in [0.15, 0.2) is 0 Å². The summed E-state index contributed by atoms with van der Waals surface area (Å²) >= 11 is 1.58. The van der Waals surface area contributed by atoms with Gasteiger partial charge in [0.1, 0.15) is 5.82 Å². The number of benzene rings is 1. The summed E-state index contributed by atoms with van der Waals surface area (Å²) in [5, 5.41) is 1.26. The van der Waals surface area contributed by atoms with Crippen molar-refractivity contribution in [1.29, 1.82) is 0 Å². The molecule has 3 aliphatic heterocycles. The van der Waals surface area contributed by atoms with Crippen molar-refractivity contribution in [3.8, 4) is 0 Å². The van der Waals surface area contributed by atoms with E-state index in [1.54, 1.807) is 11.5 Å². The van der Waals surface area contributed by atoms with E-state index in [1.165, 1.54) is 15.0 Å². The number of amides is 3. The Hall–Kier alpha value is -2.19. The first kappa shape index (κ1) is 19.5. The third-order valence-corrected chi connectivity index (χ3v) is 8.33. The zero-order valence-corrected chi connectivity index (χ0v) is 18.6. The Morgan fingerprint density at radius 3 is 2.68 bits per heavy atom. The second-order valence-corrected chi connectivity index (χ2v) is 10.2. The van der Waals surface area contributed by atoms with E-state index >= 15 is 0 Å². The van der Waals surface area contributed by atoms with Crippen LogP contribution in [0.3, 0.4) is 0 Å². The smallest absolute Gasteiger partial charge is 0.327 e. The second kappa shape index (κ2) is 7.74. The predicted molar refractivity (Wildman–Crippen MR) is 121 cm³/mol. The first-order chi connectivity index (χ1) is 15.2. The van der Waals surface area contributed by atoms with E-state index in [0.717, 1.165) is 64.2 Å². The lowest BCUT2D eigenvalue weighted by molar-refractivity contribution is -0.132. The lowest BCUT2D eigenvalue weighted by Gasteiger charge is -2.38. The van der Waals surface area contributed by atoms with Gasteiger partial charge in [-0.2, -0.15) is 4.37 Å². The average Bonchev–Trinajstić information content (AvgIpc) is 3.24. The zero-order valence-electron chi connectivity index (χ0n) is 17.8. The van der Waals surface area contributed by atoms with Gasteiger partial charge in [-0.05, 0) is 61.8 Å². The number of aromatic nitrogens is 1. The van der Waals surface area contributed by atoms with Crippen molar-refractivity contribution in [2.45, 2.75) is 44.2 Å². The lowest BCUT2D eigenvalue weighted by Crippen LogP contribution is -2.56. The maximum absolute atomic E-state index is 12.8. The van der Waals surface area contributed by atoms with Gasteiger partial charge in [0.25, 0.3) is 0 Å². The highest BCUT2D eigenvalue weighted by atomic mass is 32.1. The second-order valence-electron chi connectivity index (χ2n) is 9.43. The van der Waals surface area contributed by atoms with Crippen LogP contribution in [-0.4, -0.2) is 82.4 Å². The maximum atomic E-state index is 12.8. The van der Waals surface area contributed by atoms with Crippen molar-refractivity contribution in [2.75, 3.05) is 44.2 Å². The number of carbonyl (C=O) groups is 2. The fourth-order valence-electron chi connectivity index (χ4n) is 5.71. The van der Waals surface area contributed by atoms with Gasteiger partial charge in [0.05, 0.1) is 4.70 Å². The number of anilines is 1. The number of hydrogen-bond donors (Lipinski definition) is 0. The maximum Gasteiger partial charge on any atom is 0.327 e. The zero-order chi connectivity index (χ0) is 20.9. The SMILES string of the molecule is O=C1C[C@@H]2C[C@H]3C[C@H]3N2C(=O)N1CCCCN1CCN(c2nsc3ccccc23)CC1. The number of piperidine rings is 1. The van der Waals surface area contributed by atoms with Gasteiger partial charge in [-0.25, -0.2) is 4.79 Å². The molecular formula is C23H29N5O2S. The number of carbonyl (C=O) groups excluding carboxylic acids is 2. The molecule has 0 spiro atoms. The van der Waals surface area contributed by atoms with E-state index in [4.69, 9.17) is 4.37 Å². The minimum atomic E-state index is -0.0182. The molecular weight excluding hydrogens is 410 g/mol. The van der Waals surface area contributed by atoms with E-state index in [9.17, 15) is 9.59 Å². The quantitative estimate of drug-likeness (QED) is 0.648. The van der Waals surface area contributed by atoms with Gasteiger partial charge in [-0.1, -0.05) is 12.1 Å². The summed E-state index contributed by atoms with van der Waals surface area (Å²) in [6, 6.07) is 9.05. The van der Waals surface area contributed by atoms with Gasteiger partial charge in [-0.15, -0.1) is 0 Å². The van der Waals surface area contributed by atoms with Crippen LogP contribution in [-0.2, 0) is 4.79 Å². The van der Waals surface area contributed by atoms with Gasteiger partial charge in [0, 0.05) is 56.6 Å². The summed E-state index contributed by atoms with van der Waals surface area (Å²) in [5.74, 6) is 1.83. The van der Waals surface area contributed by atoms with E-state index in [0.29, 0.717) is 24.9 Å². The monoisotopic (exact) mass is 439 g/mol. The molecule has 8 heteroatoms. The number of hydrogen-bond acceptors (Lipinski definition) is 6. The van der Waals surface area contributed by atoms with Crippen LogP contribution in [0.4, 0.5) is 10.6 Å². The molecule has 4 fully saturated rings. The van der Waals surface area contributed by atoms with Gasteiger partial charge >= 0.3 is 6.03 Å². The van der Waals surface area contributed by atoms with E-state index in [-0.39, 0.29) is 18.0 Å². The molecule has 0 radical (unpaired) electrons. The van der Waals surface area contributed by atoms with Crippen LogP contribution in [0.2, 0.25) is 0 Å². The Bertz CT molecular complexity index is 1000. The first-order valence-electron chi connectivity index (χ1n) is 11.6. The van der Waals surface area contributed by atoms with Crippen LogP contribution >= 0.6 is 11.5 Å². The highest BCUT2D eigenvalue weighted by Gasteiger charge is 2.57. The molecule has 4 heterocycles. The number of imide groups is 1. The number of piperazine rings is 1. The summed E-state index contributed by atoms with van der Waals surface area (Å²) in [4.78, 5) is 33.7. The van der Waals surface area contributed by atoms with Crippen LogP contribution in [0.1, 0.15) is 32.1 Å². The van der Waals surface area contributed by atoms with Gasteiger partial charge in [-0.3, -0.25) is 14.6 Å². The Balaban J connectivity index is 0.963. The minimum Gasteiger partial charge on any atom is -0.353 e. The number of nitrogens with zero attached hydrogens (tertiary/aromatic N) is 5. The highest BCUT2D eigenvalue weighted by molar-refractivity contribution is 7.13. The normalized spacial score (nSPS) is 28.4. The standard InChI is InChI=1S/C23H29N5O2S/c29-21-15-17-13-16-14-19(16)28(17)23(30)27(21)8-4-3-7-25-9-11-26(12-10-25)22-18-5-1-2-6-20(18)31-24-22/h1-2,5-6,16-17,19H,3-4,7-15H2/t16-,17-,19+/m0/s1. The van der Waals surface area contributed by atoms with Crippen molar-refractivity contribution in [1.82, 2.24) is 19.1 Å². The minimum absolute atomic E-state index is 0.0182. The molecule has 31 heavy (non-hydrogen) atoms. The summed E-state index contributed by atoms with van der Waals surface area (Å²) in [5.41, 5.74) is 0. The van der Waals surface area contributed by atoms with Crippen molar-refractivity contribution in [3.63, 3.8) is 0 Å². The van der Waals surface area contributed by atoms with Crippen LogP contribution < -0.4 is 4.90 Å². The average molecular weight is 440 g/mol. The fraction of sp³-hybridized carbons (Fsp3) is 0.609. The molecule has 0 N–H and O–H groups in total. The van der Waals surface area contributed by atoms with Crippen molar-refractivity contribution in [3.05, 3.63) is 24.3 Å². The molecule has 3 saturated heterocycles. The fourth-order valence-corrected chi connectivity index (χ4v) is 6.50. The summed E-state index contributed by atoms with van der Waals surface area (Å²) in [6.45, 7) is 5.66. The van der Waals surface area contributed by atoms with Crippen LogP contribution in [0.15, 0.2) is 24.3 Å². The van der Waals surface area contributed by atoms with Crippen molar-refractivity contribution in [2.24, 2.45) is 5.92 Å². The van der Waals surface area contributed by atoms with Crippen LogP contribution in [0.5, 0.6) is 0 Å². The number of rotatable bonds is 6. The molecule has 4 aliphatic rings.